The van der Waals surface area contributed by atoms with Crippen LogP contribution < -0.4 is 5.32 Å². The van der Waals surface area contributed by atoms with Crippen LogP contribution in [-0.2, 0) is 16.4 Å². The summed E-state index contributed by atoms with van der Waals surface area (Å²) in [5, 5.41) is 4.03. The van der Waals surface area contributed by atoms with E-state index >= 15 is 0 Å². The molecule has 0 fully saturated rings. The molecule has 0 spiro atoms. The molecule has 0 radical (unpaired) electrons. The topological polar surface area (TPSA) is 59.1 Å². The molecule has 108 valence electrons. The summed E-state index contributed by atoms with van der Waals surface area (Å²) in [6.45, 7) is 2.45. The van der Waals surface area contributed by atoms with Crippen molar-refractivity contribution < 1.29 is 17.2 Å². The SMILES string of the molecule is Cc1ncc(CNc2ccc(S(=O)(=O)C(F)F)cc2)s1. The molecular formula is C12H12F2N2O2S2. The quantitative estimate of drug-likeness (QED) is 0.920. The van der Waals surface area contributed by atoms with Crippen molar-refractivity contribution in [3.05, 3.63) is 40.3 Å². The van der Waals surface area contributed by atoms with Crippen LogP contribution in [0.5, 0.6) is 0 Å². The number of aromatic nitrogens is 1. The number of nitrogens with zero attached hydrogens (tertiary/aromatic N) is 1. The highest BCUT2D eigenvalue weighted by atomic mass is 32.2. The van der Waals surface area contributed by atoms with Crippen LogP contribution in [0.2, 0.25) is 0 Å². The molecule has 2 aromatic rings. The fraction of sp³-hybridized carbons (Fsp3) is 0.250. The smallest absolute Gasteiger partial charge is 0.341 e. The third-order valence-corrected chi connectivity index (χ3v) is 4.86. The minimum atomic E-state index is -4.53. The first-order chi connectivity index (χ1) is 9.39. The van der Waals surface area contributed by atoms with Gasteiger partial charge in [0.15, 0.2) is 0 Å². The van der Waals surface area contributed by atoms with Crippen LogP contribution in [0.15, 0.2) is 35.4 Å². The Morgan fingerprint density at radius 2 is 1.95 bits per heavy atom. The lowest BCUT2D eigenvalue weighted by molar-refractivity contribution is 0.234. The van der Waals surface area contributed by atoms with E-state index < -0.39 is 15.6 Å². The van der Waals surface area contributed by atoms with E-state index in [1.54, 1.807) is 17.5 Å². The van der Waals surface area contributed by atoms with Crippen LogP contribution >= 0.6 is 11.3 Å². The second-order valence-corrected chi connectivity index (χ2v) is 7.27. The van der Waals surface area contributed by atoms with E-state index in [0.717, 1.165) is 9.88 Å². The number of hydrogen-bond donors (Lipinski definition) is 1. The van der Waals surface area contributed by atoms with Gasteiger partial charge in [0.2, 0.25) is 9.84 Å². The number of anilines is 1. The van der Waals surface area contributed by atoms with E-state index in [-0.39, 0.29) is 4.90 Å². The molecule has 1 aromatic carbocycles. The van der Waals surface area contributed by atoms with Crippen molar-refractivity contribution in [2.45, 2.75) is 24.1 Å². The second kappa shape index (κ2) is 5.84. The monoisotopic (exact) mass is 318 g/mol. The summed E-state index contributed by atoms with van der Waals surface area (Å²) in [6.07, 6.45) is 1.75. The van der Waals surface area contributed by atoms with Crippen LogP contribution in [0.25, 0.3) is 0 Å². The molecule has 0 saturated heterocycles. The fourth-order valence-electron chi connectivity index (χ4n) is 1.54. The third-order valence-electron chi connectivity index (χ3n) is 2.55. The van der Waals surface area contributed by atoms with Crippen molar-refractivity contribution in [2.24, 2.45) is 0 Å². The van der Waals surface area contributed by atoms with Gasteiger partial charge in [-0.25, -0.2) is 13.4 Å². The van der Waals surface area contributed by atoms with Crippen LogP contribution in [0.1, 0.15) is 9.88 Å². The number of aryl methyl sites for hydroxylation is 1. The highest BCUT2D eigenvalue weighted by Crippen LogP contribution is 2.21. The van der Waals surface area contributed by atoms with Gasteiger partial charge in [-0.1, -0.05) is 0 Å². The highest BCUT2D eigenvalue weighted by molar-refractivity contribution is 7.91. The lowest BCUT2D eigenvalue weighted by atomic mass is 10.3. The van der Waals surface area contributed by atoms with E-state index in [9.17, 15) is 17.2 Å². The maximum atomic E-state index is 12.4. The number of alkyl halides is 2. The Morgan fingerprint density at radius 1 is 1.30 bits per heavy atom. The molecule has 0 saturated carbocycles. The van der Waals surface area contributed by atoms with Crippen molar-refractivity contribution in [1.82, 2.24) is 4.98 Å². The maximum Gasteiger partial charge on any atom is 0.341 e. The second-order valence-electron chi connectivity index (χ2n) is 4.03. The van der Waals surface area contributed by atoms with E-state index in [1.807, 2.05) is 6.92 Å². The number of halogens is 2. The standard InChI is InChI=1S/C12H12F2N2O2S2/c1-8-15-6-10(19-8)7-16-9-2-4-11(5-3-9)20(17,18)12(13)14/h2-6,12,16H,7H2,1H3. The molecule has 2 rings (SSSR count). The van der Waals surface area contributed by atoms with Crippen molar-refractivity contribution in [3.8, 4) is 0 Å². The maximum absolute atomic E-state index is 12.4. The molecule has 4 nitrogen and oxygen atoms in total. The Morgan fingerprint density at radius 3 is 2.45 bits per heavy atom. The Bertz CT molecular complexity index is 682. The molecular weight excluding hydrogens is 306 g/mol. The molecule has 0 atom stereocenters. The minimum Gasteiger partial charge on any atom is -0.380 e. The Kier molecular flexibility index (Phi) is 4.34. The van der Waals surface area contributed by atoms with Gasteiger partial charge in [-0.15, -0.1) is 11.3 Å². The summed E-state index contributed by atoms with van der Waals surface area (Å²) in [4.78, 5) is 4.76. The average molecular weight is 318 g/mol. The molecule has 0 aliphatic heterocycles. The molecule has 1 N–H and O–H groups in total. The molecule has 0 aliphatic carbocycles. The summed E-state index contributed by atoms with van der Waals surface area (Å²) in [6, 6.07) is 5.26. The van der Waals surface area contributed by atoms with Gasteiger partial charge in [0, 0.05) is 16.8 Å². The zero-order chi connectivity index (χ0) is 14.8. The summed E-state index contributed by atoms with van der Waals surface area (Å²) in [5.41, 5.74) is 0.657. The normalized spacial score (nSPS) is 11.8. The number of nitrogens with one attached hydrogen (secondary N) is 1. The zero-order valence-electron chi connectivity index (χ0n) is 10.5. The predicted molar refractivity (Wildman–Crippen MR) is 73.8 cm³/mol. The minimum absolute atomic E-state index is 0.383. The van der Waals surface area contributed by atoms with Crippen LogP contribution in [-0.4, -0.2) is 19.2 Å². The van der Waals surface area contributed by atoms with E-state index in [2.05, 4.69) is 10.3 Å². The first-order valence-electron chi connectivity index (χ1n) is 5.67. The Balaban J connectivity index is 2.05. The summed E-state index contributed by atoms with van der Waals surface area (Å²) in [5.74, 6) is -3.40. The third kappa shape index (κ3) is 3.31. The number of hydrogen-bond acceptors (Lipinski definition) is 5. The number of sulfone groups is 1. The number of rotatable bonds is 5. The van der Waals surface area contributed by atoms with Crippen LogP contribution in [0.4, 0.5) is 14.5 Å². The number of thiazole rings is 1. The van der Waals surface area contributed by atoms with Crippen molar-refractivity contribution >= 4 is 26.9 Å². The first kappa shape index (κ1) is 14.9. The molecule has 0 amide bonds. The van der Waals surface area contributed by atoms with E-state index in [4.69, 9.17) is 0 Å². The highest BCUT2D eigenvalue weighted by Gasteiger charge is 2.26. The van der Waals surface area contributed by atoms with Gasteiger partial charge in [0.25, 0.3) is 0 Å². The molecule has 20 heavy (non-hydrogen) atoms. The molecule has 8 heteroatoms. The number of benzene rings is 1. The largest absolute Gasteiger partial charge is 0.380 e. The Labute approximate surface area is 119 Å². The van der Waals surface area contributed by atoms with Gasteiger partial charge in [-0.2, -0.15) is 8.78 Å². The molecule has 0 aliphatic rings. The van der Waals surface area contributed by atoms with E-state index in [1.165, 1.54) is 24.3 Å². The summed E-state index contributed by atoms with van der Waals surface area (Å²) >= 11 is 1.55. The van der Waals surface area contributed by atoms with Crippen molar-refractivity contribution in [2.75, 3.05) is 5.32 Å². The zero-order valence-corrected chi connectivity index (χ0v) is 12.1. The summed E-state index contributed by atoms with van der Waals surface area (Å²) in [7, 11) is -4.53. The van der Waals surface area contributed by atoms with Crippen LogP contribution in [0, 0.1) is 6.92 Å². The molecule has 0 bridgehead atoms. The molecule has 1 aromatic heterocycles. The van der Waals surface area contributed by atoms with E-state index in [0.29, 0.717) is 12.2 Å². The Hall–Kier alpha value is -1.54. The average Bonchev–Trinajstić information content (AvgIpc) is 2.82. The van der Waals surface area contributed by atoms with Gasteiger partial charge >= 0.3 is 5.76 Å². The van der Waals surface area contributed by atoms with Gasteiger partial charge in [0.1, 0.15) is 0 Å². The van der Waals surface area contributed by atoms with Crippen molar-refractivity contribution in [1.29, 1.82) is 0 Å². The van der Waals surface area contributed by atoms with Gasteiger partial charge in [-0.05, 0) is 31.2 Å². The van der Waals surface area contributed by atoms with Crippen LogP contribution in [0.3, 0.4) is 0 Å². The van der Waals surface area contributed by atoms with Crippen molar-refractivity contribution in [3.63, 3.8) is 0 Å². The fourth-order valence-corrected chi connectivity index (χ4v) is 3.00. The van der Waals surface area contributed by atoms with Gasteiger partial charge in [0.05, 0.1) is 16.4 Å². The lowest BCUT2D eigenvalue weighted by Crippen LogP contribution is -2.11. The molecule has 0 unspecified atom stereocenters. The lowest BCUT2D eigenvalue weighted by Gasteiger charge is -2.06. The predicted octanol–water partition coefficient (Wildman–Crippen LogP) is 3.06. The molecule has 1 heterocycles. The van der Waals surface area contributed by atoms with Gasteiger partial charge < -0.3 is 5.32 Å². The first-order valence-corrected chi connectivity index (χ1v) is 8.03. The van der Waals surface area contributed by atoms with Gasteiger partial charge in [-0.3, -0.25) is 0 Å². The summed E-state index contributed by atoms with van der Waals surface area (Å²) < 4.78 is 47.2.